The highest BCUT2D eigenvalue weighted by atomic mass is 16.2. The Bertz CT molecular complexity index is 536. The van der Waals surface area contributed by atoms with Gasteiger partial charge in [-0.2, -0.15) is 0 Å². The molecule has 1 aromatic rings. The lowest BCUT2D eigenvalue weighted by molar-refractivity contribution is -0.122. The summed E-state index contributed by atoms with van der Waals surface area (Å²) in [6.07, 6.45) is 7.66. The van der Waals surface area contributed by atoms with Crippen molar-refractivity contribution in [2.75, 3.05) is 0 Å². The zero-order chi connectivity index (χ0) is 19.5. The molecule has 1 aromatic carbocycles. The predicted molar refractivity (Wildman–Crippen MR) is 109 cm³/mol. The van der Waals surface area contributed by atoms with Gasteiger partial charge in [-0.1, -0.05) is 71.2 Å². The number of hydrogen-bond donors (Lipinski definition) is 1. The molecule has 2 unspecified atom stereocenters. The molecule has 0 saturated heterocycles. The SMILES string of the molecule is CC(=O)N[C@@H](C=O)Cc1ccc(CCC(C)C(C)CCCC(C)C)cc1. The van der Waals surface area contributed by atoms with Crippen LogP contribution < -0.4 is 5.32 Å². The van der Waals surface area contributed by atoms with Gasteiger partial charge in [-0.3, -0.25) is 4.79 Å². The Hall–Kier alpha value is -1.64. The summed E-state index contributed by atoms with van der Waals surface area (Å²) in [7, 11) is 0. The van der Waals surface area contributed by atoms with E-state index in [0.717, 1.165) is 36.0 Å². The van der Waals surface area contributed by atoms with E-state index in [1.807, 2.05) is 0 Å². The Kier molecular flexibility index (Phi) is 10.2. The summed E-state index contributed by atoms with van der Waals surface area (Å²) >= 11 is 0. The number of benzene rings is 1. The number of rotatable bonds is 12. The molecule has 0 heterocycles. The van der Waals surface area contributed by atoms with Gasteiger partial charge in [0.1, 0.15) is 6.29 Å². The van der Waals surface area contributed by atoms with Crippen molar-refractivity contribution in [2.24, 2.45) is 17.8 Å². The fourth-order valence-electron chi connectivity index (χ4n) is 3.30. The van der Waals surface area contributed by atoms with Crippen LogP contribution in [-0.4, -0.2) is 18.2 Å². The monoisotopic (exact) mass is 359 g/mol. The zero-order valence-corrected chi connectivity index (χ0v) is 17.3. The van der Waals surface area contributed by atoms with Crippen LogP contribution in [0, 0.1) is 17.8 Å². The summed E-state index contributed by atoms with van der Waals surface area (Å²) in [5, 5.41) is 2.66. The molecule has 3 atom stereocenters. The van der Waals surface area contributed by atoms with E-state index in [9.17, 15) is 9.59 Å². The minimum Gasteiger partial charge on any atom is -0.346 e. The van der Waals surface area contributed by atoms with Gasteiger partial charge in [-0.15, -0.1) is 0 Å². The van der Waals surface area contributed by atoms with E-state index in [4.69, 9.17) is 0 Å². The molecule has 0 spiro atoms. The topological polar surface area (TPSA) is 46.2 Å². The quantitative estimate of drug-likeness (QED) is 0.536. The van der Waals surface area contributed by atoms with E-state index in [2.05, 4.69) is 57.3 Å². The first-order valence-electron chi connectivity index (χ1n) is 10.1. The van der Waals surface area contributed by atoms with E-state index < -0.39 is 6.04 Å². The summed E-state index contributed by atoms with van der Waals surface area (Å²) in [6, 6.07) is 8.02. The molecule has 1 N–H and O–H groups in total. The van der Waals surface area contributed by atoms with Gasteiger partial charge in [-0.05, 0) is 48.1 Å². The van der Waals surface area contributed by atoms with Gasteiger partial charge in [0.2, 0.25) is 5.91 Å². The van der Waals surface area contributed by atoms with Crippen LogP contribution in [0.4, 0.5) is 0 Å². The average molecular weight is 360 g/mol. The molecule has 0 aliphatic heterocycles. The Labute approximate surface area is 160 Å². The van der Waals surface area contributed by atoms with E-state index >= 15 is 0 Å². The summed E-state index contributed by atoms with van der Waals surface area (Å²) < 4.78 is 0. The van der Waals surface area contributed by atoms with Crippen molar-refractivity contribution in [3.63, 3.8) is 0 Å². The van der Waals surface area contributed by atoms with Gasteiger partial charge in [-0.25, -0.2) is 0 Å². The molecule has 26 heavy (non-hydrogen) atoms. The Balaban J connectivity index is 2.41. The van der Waals surface area contributed by atoms with E-state index in [1.165, 1.54) is 38.2 Å². The highest BCUT2D eigenvalue weighted by Gasteiger charge is 2.13. The van der Waals surface area contributed by atoms with Crippen LogP contribution in [0.1, 0.15) is 71.4 Å². The third kappa shape index (κ3) is 9.17. The maximum Gasteiger partial charge on any atom is 0.217 e. The molecule has 0 radical (unpaired) electrons. The van der Waals surface area contributed by atoms with Crippen molar-refractivity contribution in [1.29, 1.82) is 0 Å². The average Bonchev–Trinajstić information content (AvgIpc) is 2.59. The van der Waals surface area contributed by atoms with Gasteiger partial charge in [0, 0.05) is 6.92 Å². The van der Waals surface area contributed by atoms with Crippen LogP contribution in [0.3, 0.4) is 0 Å². The second-order valence-electron chi connectivity index (χ2n) is 8.28. The van der Waals surface area contributed by atoms with E-state index in [1.54, 1.807) is 0 Å². The first-order valence-corrected chi connectivity index (χ1v) is 10.1. The minimum atomic E-state index is -0.440. The summed E-state index contributed by atoms with van der Waals surface area (Å²) in [5.41, 5.74) is 2.42. The molecule has 1 rings (SSSR count). The predicted octanol–water partition coefficient (Wildman–Crippen LogP) is 4.96. The summed E-state index contributed by atoms with van der Waals surface area (Å²) in [6.45, 7) is 10.8. The number of carbonyl (C=O) groups excluding carboxylic acids is 2. The normalized spacial score (nSPS) is 14.7. The molecule has 3 heteroatoms. The van der Waals surface area contributed by atoms with E-state index in [0.29, 0.717) is 6.42 Å². The molecule has 3 nitrogen and oxygen atoms in total. The van der Waals surface area contributed by atoms with Crippen LogP contribution in [-0.2, 0) is 22.4 Å². The standard InChI is InChI=1S/C23H37NO2/c1-17(2)7-6-8-18(3)19(4)9-10-21-11-13-22(14-12-21)15-23(16-25)24-20(5)26/h11-14,16-19,23H,6-10,15H2,1-5H3,(H,24,26)/t18?,19?,23-/m1/s1. The van der Waals surface area contributed by atoms with Gasteiger partial charge >= 0.3 is 0 Å². The Morgan fingerprint density at radius 3 is 2.08 bits per heavy atom. The van der Waals surface area contributed by atoms with Crippen LogP contribution in [0.5, 0.6) is 0 Å². The molecular formula is C23H37NO2. The molecule has 0 saturated carbocycles. The van der Waals surface area contributed by atoms with Crippen molar-refractivity contribution in [3.8, 4) is 0 Å². The summed E-state index contributed by atoms with van der Waals surface area (Å²) in [4.78, 5) is 22.1. The van der Waals surface area contributed by atoms with Gasteiger partial charge in [0.25, 0.3) is 0 Å². The van der Waals surface area contributed by atoms with Crippen LogP contribution in [0.15, 0.2) is 24.3 Å². The second-order valence-corrected chi connectivity index (χ2v) is 8.28. The smallest absolute Gasteiger partial charge is 0.217 e. The molecule has 0 aliphatic rings. The maximum absolute atomic E-state index is 11.1. The molecule has 1 amide bonds. The highest BCUT2D eigenvalue weighted by molar-refractivity contribution is 5.77. The number of aldehydes is 1. The van der Waals surface area contributed by atoms with Crippen molar-refractivity contribution in [2.45, 2.75) is 79.2 Å². The highest BCUT2D eigenvalue weighted by Crippen LogP contribution is 2.24. The number of amides is 1. The third-order valence-corrected chi connectivity index (χ3v) is 5.33. The van der Waals surface area contributed by atoms with Crippen molar-refractivity contribution in [1.82, 2.24) is 5.32 Å². The van der Waals surface area contributed by atoms with E-state index in [-0.39, 0.29) is 5.91 Å². The first kappa shape index (κ1) is 22.4. The summed E-state index contributed by atoms with van der Waals surface area (Å²) in [5.74, 6) is 2.15. The minimum absolute atomic E-state index is 0.171. The Morgan fingerprint density at radius 2 is 1.54 bits per heavy atom. The number of carbonyl (C=O) groups is 2. The fraction of sp³-hybridized carbons (Fsp3) is 0.652. The molecular weight excluding hydrogens is 322 g/mol. The Morgan fingerprint density at radius 1 is 0.962 bits per heavy atom. The first-order chi connectivity index (χ1) is 12.3. The molecule has 0 fully saturated rings. The lowest BCUT2D eigenvalue weighted by atomic mass is 9.86. The molecule has 0 aliphatic carbocycles. The number of aryl methyl sites for hydroxylation is 1. The van der Waals surface area contributed by atoms with Crippen LogP contribution in [0.2, 0.25) is 0 Å². The fourth-order valence-corrected chi connectivity index (χ4v) is 3.30. The number of nitrogens with one attached hydrogen (secondary N) is 1. The molecule has 146 valence electrons. The van der Waals surface area contributed by atoms with Crippen molar-refractivity contribution in [3.05, 3.63) is 35.4 Å². The zero-order valence-electron chi connectivity index (χ0n) is 17.3. The van der Waals surface area contributed by atoms with Crippen molar-refractivity contribution < 1.29 is 9.59 Å². The second kappa shape index (κ2) is 11.9. The lowest BCUT2D eigenvalue weighted by Gasteiger charge is -2.20. The van der Waals surface area contributed by atoms with Crippen LogP contribution in [0.25, 0.3) is 0 Å². The third-order valence-electron chi connectivity index (χ3n) is 5.33. The number of hydrogen-bond acceptors (Lipinski definition) is 2. The molecule has 0 bridgehead atoms. The van der Waals surface area contributed by atoms with Gasteiger partial charge < -0.3 is 10.1 Å². The van der Waals surface area contributed by atoms with Gasteiger partial charge in [0.15, 0.2) is 0 Å². The van der Waals surface area contributed by atoms with Gasteiger partial charge in [0.05, 0.1) is 6.04 Å². The van der Waals surface area contributed by atoms with Crippen LogP contribution >= 0.6 is 0 Å². The van der Waals surface area contributed by atoms with Crippen molar-refractivity contribution >= 4 is 12.2 Å². The lowest BCUT2D eigenvalue weighted by Crippen LogP contribution is -2.35. The molecule has 0 aromatic heterocycles. The maximum atomic E-state index is 11.1. The largest absolute Gasteiger partial charge is 0.346 e.